The molecule has 2 nitrogen and oxygen atoms in total. The summed E-state index contributed by atoms with van der Waals surface area (Å²) in [6.45, 7) is 1.03. The molecular formula is C14H15BrN2. The zero-order chi connectivity index (χ0) is 11.7. The molecule has 1 aliphatic rings. The smallest absolute Gasteiger partial charge is 0.0568 e. The van der Waals surface area contributed by atoms with Gasteiger partial charge in [0.05, 0.1) is 6.20 Å². The maximum absolute atomic E-state index is 4.46. The molecule has 0 amide bonds. The second kappa shape index (κ2) is 4.30. The monoisotopic (exact) mass is 290 g/mol. The van der Waals surface area contributed by atoms with Crippen LogP contribution in [0.1, 0.15) is 12.8 Å². The summed E-state index contributed by atoms with van der Waals surface area (Å²) in [4.78, 5) is 0. The predicted molar refractivity (Wildman–Crippen MR) is 73.1 cm³/mol. The van der Waals surface area contributed by atoms with Crippen molar-refractivity contribution in [3.8, 4) is 11.1 Å². The summed E-state index contributed by atoms with van der Waals surface area (Å²) in [5.41, 5.74) is 2.92. The van der Waals surface area contributed by atoms with Gasteiger partial charge in [0.1, 0.15) is 0 Å². The van der Waals surface area contributed by atoms with E-state index in [1.54, 1.807) is 0 Å². The first kappa shape index (κ1) is 11.0. The van der Waals surface area contributed by atoms with Crippen LogP contribution < -0.4 is 0 Å². The van der Waals surface area contributed by atoms with Crippen molar-refractivity contribution in [3.63, 3.8) is 0 Å². The van der Waals surface area contributed by atoms with Gasteiger partial charge in [0.2, 0.25) is 0 Å². The Morgan fingerprint density at radius 1 is 1.18 bits per heavy atom. The van der Waals surface area contributed by atoms with Crippen molar-refractivity contribution in [1.82, 2.24) is 9.78 Å². The van der Waals surface area contributed by atoms with E-state index >= 15 is 0 Å². The van der Waals surface area contributed by atoms with Gasteiger partial charge in [0, 0.05) is 23.6 Å². The van der Waals surface area contributed by atoms with Gasteiger partial charge in [-0.05, 0) is 23.8 Å². The standard InChI is InChI=1S/C14H15BrN2/c15-10-14(6-7-14)11-17-9-13(8-16-17)12-4-2-1-3-5-12/h1-5,8-9H,6-7,10-11H2. The highest BCUT2D eigenvalue weighted by Gasteiger charge is 2.41. The van der Waals surface area contributed by atoms with Gasteiger partial charge in [-0.3, -0.25) is 4.68 Å². The maximum Gasteiger partial charge on any atom is 0.0568 e. The largest absolute Gasteiger partial charge is 0.272 e. The van der Waals surface area contributed by atoms with Crippen LogP contribution in [0.2, 0.25) is 0 Å². The molecule has 3 heteroatoms. The highest BCUT2D eigenvalue weighted by molar-refractivity contribution is 9.09. The number of aromatic nitrogens is 2. The molecule has 0 saturated heterocycles. The second-order valence-corrected chi connectivity index (χ2v) is 5.49. The zero-order valence-corrected chi connectivity index (χ0v) is 11.2. The van der Waals surface area contributed by atoms with Crippen LogP contribution in [0, 0.1) is 5.41 Å². The first-order chi connectivity index (χ1) is 8.31. The molecule has 0 radical (unpaired) electrons. The fraction of sp³-hybridized carbons (Fsp3) is 0.357. The van der Waals surface area contributed by atoms with Crippen LogP contribution in [0.25, 0.3) is 11.1 Å². The molecule has 1 aromatic carbocycles. The van der Waals surface area contributed by atoms with Gasteiger partial charge >= 0.3 is 0 Å². The van der Waals surface area contributed by atoms with Gasteiger partial charge in [0.15, 0.2) is 0 Å². The van der Waals surface area contributed by atoms with Gasteiger partial charge < -0.3 is 0 Å². The summed E-state index contributed by atoms with van der Waals surface area (Å²) in [7, 11) is 0. The van der Waals surface area contributed by atoms with Crippen molar-refractivity contribution in [2.45, 2.75) is 19.4 Å². The molecule has 1 heterocycles. The molecule has 1 aliphatic carbocycles. The molecule has 3 rings (SSSR count). The summed E-state index contributed by atoms with van der Waals surface area (Å²) in [6, 6.07) is 10.4. The molecule has 0 aliphatic heterocycles. The predicted octanol–water partition coefficient (Wildman–Crippen LogP) is 3.73. The Kier molecular flexibility index (Phi) is 2.79. The summed E-state index contributed by atoms with van der Waals surface area (Å²) in [5.74, 6) is 0. The summed E-state index contributed by atoms with van der Waals surface area (Å²) < 4.78 is 2.08. The van der Waals surface area contributed by atoms with Crippen molar-refractivity contribution in [2.75, 3.05) is 5.33 Å². The van der Waals surface area contributed by atoms with Crippen molar-refractivity contribution in [3.05, 3.63) is 42.7 Å². The Morgan fingerprint density at radius 3 is 2.59 bits per heavy atom. The number of hydrogen-bond donors (Lipinski definition) is 0. The third-order valence-electron chi connectivity index (χ3n) is 3.48. The Morgan fingerprint density at radius 2 is 1.94 bits per heavy atom. The van der Waals surface area contributed by atoms with Crippen molar-refractivity contribution in [1.29, 1.82) is 0 Å². The van der Waals surface area contributed by atoms with Crippen molar-refractivity contribution in [2.24, 2.45) is 5.41 Å². The number of benzene rings is 1. The van der Waals surface area contributed by atoms with Gasteiger partial charge in [-0.25, -0.2) is 0 Å². The van der Waals surface area contributed by atoms with E-state index in [2.05, 4.69) is 56.2 Å². The van der Waals surface area contributed by atoms with Crippen LogP contribution in [-0.4, -0.2) is 15.1 Å². The average Bonchev–Trinajstić information content (AvgIpc) is 3.00. The summed E-state index contributed by atoms with van der Waals surface area (Å²) >= 11 is 3.60. The minimum Gasteiger partial charge on any atom is -0.272 e. The third-order valence-corrected chi connectivity index (χ3v) is 4.67. The quantitative estimate of drug-likeness (QED) is 0.785. The van der Waals surface area contributed by atoms with Crippen LogP contribution in [-0.2, 0) is 6.54 Å². The highest BCUT2D eigenvalue weighted by Crippen LogP contribution is 2.48. The summed E-state index contributed by atoms with van der Waals surface area (Å²) in [6.07, 6.45) is 6.75. The minimum absolute atomic E-state index is 0.472. The Hall–Kier alpha value is -1.09. The van der Waals surface area contributed by atoms with E-state index in [-0.39, 0.29) is 0 Å². The van der Waals surface area contributed by atoms with Gasteiger partial charge in [0.25, 0.3) is 0 Å². The molecule has 1 saturated carbocycles. The molecule has 0 N–H and O–H groups in total. The molecule has 17 heavy (non-hydrogen) atoms. The van der Waals surface area contributed by atoms with Crippen LogP contribution in [0.15, 0.2) is 42.7 Å². The van der Waals surface area contributed by atoms with Gasteiger partial charge in [-0.1, -0.05) is 46.3 Å². The molecule has 0 spiro atoms. The topological polar surface area (TPSA) is 17.8 Å². The molecule has 2 aromatic rings. The number of hydrogen-bond acceptors (Lipinski definition) is 1. The lowest BCUT2D eigenvalue weighted by Gasteiger charge is -2.10. The van der Waals surface area contributed by atoms with Crippen LogP contribution in [0.3, 0.4) is 0 Å². The first-order valence-electron chi connectivity index (χ1n) is 5.95. The fourth-order valence-corrected chi connectivity index (χ4v) is 2.82. The zero-order valence-electron chi connectivity index (χ0n) is 9.64. The fourth-order valence-electron chi connectivity index (χ4n) is 2.08. The average molecular weight is 291 g/mol. The van der Waals surface area contributed by atoms with Crippen molar-refractivity contribution < 1.29 is 0 Å². The summed E-state index contributed by atoms with van der Waals surface area (Å²) in [5, 5.41) is 5.55. The lowest BCUT2D eigenvalue weighted by molar-refractivity contribution is 0.442. The molecular weight excluding hydrogens is 276 g/mol. The number of nitrogens with zero attached hydrogens (tertiary/aromatic N) is 2. The Bertz CT molecular complexity index is 500. The molecule has 0 atom stereocenters. The Labute approximate surface area is 110 Å². The molecule has 0 bridgehead atoms. The molecule has 0 unspecified atom stereocenters. The lowest BCUT2D eigenvalue weighted by Crippen LogP contribution is -2.13. The third kappa shape index (κ3) is 2.29. The van der Waals surface area contributed by atoms with E-state index in [1.807, 2.05) is 12.3 Å². The van der Waals surface area contributed by atoms with E-state index in [4.69, 9.17) is 0 Å². The maximum atomic E-state index is 4.46. The van der Waals surface area contributed by atoms with Gasteiger partial charge in [-0.15, -0.1) is 0 Å². The second-order valence-electron chi connectivity index (χ2n) is 4.93. The first-order valence-corrected chi connectivity index (χ1v) is 7.07. The number of halogens is 1. The van der Waals surface area contributed by atoms with Crippen LogP contribution in [0.5, 0.6) is 0 Å². The van der Waals surface area contributed by atoms with E-state index in [0.29, 0.717) is 5.41 Å². The van der Waals surface area contributed by atoms with Gasteiger partial charge in [-0.2, -0.15) is 5.10 Å². The number of alkyl halides is 1. The minimum atomic E-state index is 0.472. The lowest BCUT2D eigenvalue weighted by atomic mass is 10.1. The van der Waals surface area contributed by atoms with E-state index in [1.165, 1.54) is 24.0 Å². The van der Waals surface area contributed by atoms with Crippen molar-refractivity contribution >= 4 is 15.9 Å². The van der Waals surface area contributed by atoms with Crippen LogP contribution in [0.4, 0.5) is 0 Å². The number of rotatable bonds is 4. The van der Waals surface area contributed by atoms with E-state index in [9.17, 15) is 0 Å². The van der Waals surface area contributed by atoms with Crippen LogP contribution >= 0.6 is 15.9 Å². The highest BCUT2D eigenvalue weighted by atomic mass is 79.9. The normalized spacial score (nSPS) is 17.0. The van der Waals surface area contributed by atoms with E-state index < -0.39 is 0 Å². The SMILES string of the molecule is BrCC1(Cn2cc(-c3ccccc3)cn2)CC1. The molecule has 1 aromatic heterocycles. The van der Waals surface area contributed by atoms with E-state index in [0.717, 1.165) is 11.9 Å². The molecule has 88 valence electrons. The Balaban J connectivity index is 1.79. The molecule has 1 fully saturated rings.